The van der Waals surface area contributed by atoms with Gasteiger partial charge in [0.2, 0.25) is 0 Å². The maximum absolute atomic E-state index is 14.0. The third-order valence-corrected chi connectivity index (χ3v) is 3.65. The fourth-order valence-corrected chi connectivity index (χ4v) is 2.48. The summed E-state index contributed by atoms with van der Waals surface area (Å²) in [5, 5.41) is 12.2. The zero-order chi connectivity index (χ0) is 13.7. The largest absolute Gasteiger partial charge is 0.396 e. The molecule has 0 bridgehead atoms. The van der Waals surface area contributed by atoms with Gasteiger partial charge >= 0.3 is 0 Å². The summed E-state index contributed by atoms with van der Waals surface area (Å²) < 4.78 is 14.0. The number of hydrogen-bond donors (Lipinski definition) is 2. The van der Waals surface area contributed by atoms with E-state index in [2.05, 4.69) is 10.2 Å². The normalized spacial score (nSPS) is 16.9. The lowest BCUT2D eigenvalue weighted by atomic mass is 10.1. The van der Waals surface area contributed by atoms with E-state index in [1.165, 1.54) is 18.9 Å². The minimum absolute atomic E-state index is 0.145. The number of halogens is 1. The second-order valence-electron chi connectivity index (χ2n) is 5.35. The Labute approximate surface area is 114 Å². The minimum Gasteiger partial charge on any atom is -0.396 e. The monoisotopic (exact) mass is 266 g/mol. The number of aliphatic hydroxyl groups excluding tert-OH is 1. The molecule has 0 spiro atoms. The van der Waals surface area contributed by atoms with Gasteiger partial charge in [-0.2, -0.15) is 0 Å². The molecule has 1 heterocycles. The Morgan fingerprint density at radius 2 is 2.11 bits per heavy atom. The van der Waals surface area contributed by atoms with Gasteiger partial charge in [0.25, 0.3) is 0 Å². The third kappa shape index (κ3) is 3.67. The van der Waals surface area contributed by atoms with E-state index in [1.54, 1.807) is 6.07 Å². The maximum atomic E-state index is 14.0. The number of rotatable bonds is 6. The van der Waals surface area contributed by atoms with Crippen molar-refractivity contribution in [2.75, 3.05) is 31.1 Å². The van der Waals surface area contributed by atoms with E-state index in [1.807, 2.05) is 13.0 Å². The van der Waals surface area contributed by atoms with Gasteiger partial charge in [0, 0.05) is 44.0 Å². The lowest BCUT2D eigenvalue weighted by Crippen LogP contribution is -2.26. The molecule has 1 fully saturated rings. The molecular formula is C15H23FN2O. The lowest BCUT2D eigenvalue weighted by Gasteiger charge is -2.22. The van der Waals surface area contributed by atoms with Crippen molar-refractivity contribution < 1.29 is 9.50 Å². The molecule has 0 aliphatic carbocycles. The number of nitrogens with zero attached hydrogens (tertiary/aromatic N) is 1. The number of aliphatic hydroxyl groups is 1. The number of hydrogen-bond acceptors (Lipinski definition) is 3. The first-order valence-electron chi connectivity index (χ1n) is 7.06. The third-order valence-electron chi connectivity index (χ3n) is 3.65. The van der Waals surface area contributed by atoms with Crippen LogP contribution in [-0.4, -0.2) is 31.3 Å². The van der Waals surface area contributed by atoms with Crippen molar-refractivity contribution in [2.24, 2.45) is 5.92 Å². The van der Waals surface area contributed by atoms with E-state index in [0.29, 0.717) is 13.1 Å². The van der Waals surface area contributed by atoms with Crippen LogP contribution in [0.25, 0.3) is 0 Å². The summed E-state index contributed by atoms with van der Waals surface area (Å²) in [6.45, 7) is 5.37. The van der Waals surface area contributed by atoms with Crippen LogP contribution in [-0.2, 0) is 6.54 Å². The molecule has 2 N–H and O–H groups in total. The highest BCUT2D eigenvalue weighted by Crippen LogP contribution is 2.26. The first-order chi connectivity index (χ1) is 9.22. The first kappa shape index (κ1) is 14.3. The zero-order valence-corrected chi connectivity index (χ0v) is 11.5. The Bertz CT molecular complexity index is 405. The molecule has 0 radical (unpaired) electrons. The van der Waals surface area contributed by atoms with E-state index >= 15 is 0 Å². The van der Waals surface area contributed by atoms with Crippen molar-refractivity contribution in [3.05, 3.63) is 29.6 Å². The molecule has 1 aliphatic heterocycles. The van der Waals surface area contributed by atoms with Gasteiger partial charge in [-0.05, 0) is 30.9 Å². The SMILES string of the molecule is CC(CO)CNCc1c(F)cccc1N1CCCC1. The molecule has 4 heteroatoms. The number of nitrogens with one attached hydrogen (secondary N) is 1. The van der Waals surface area contributed by atoms with Gasteiger partial charge in [-0.15, -0.1) is 0 Å². The van der Waals surface area contributed by atoms with Gasteiger partial charge in [-0.3, -0.25) is 0 Å². The number of anilines is 1. The molecule has 2 rings (SSSR count). The average molecular weight is 266 g/mol. The molecule has 1 aromatic rings. The van der Waals surface area contributed by atoms with Crippen LogP contribution >= 0.6 is 0 Å². The van der Waals surface area contributed by atoms with E-state index in [9.17, 15) is 4.39 Å². The summed E-state index contributed by atoms with van der Waals surface area (Å²) in [5.74, 6) is 0.0514. The zero-order valence-electron chi connectivity index (χ0n) is 11.5. The summed E-state index contributed by atoms with van der Waals surface area (Å²) in [4.78, 5) is 2.26. The van der Waals surface area contributed by atoms with Gasteiger partial charge in [0.1, 0.15) is 5.82 Å². The molecule has 1 aliphatic rings. The fraction of sp³-hybridized carbons (Fsp3) is 0.600. The van der Waals surface area contributed by atoms with E-state index in [0.717, 1.165) is 24.3 Å². The van der Waals surface area contributed by atoms with Gasteiger partial charge in [-0.1, -0.05) is 13.0 Å². The van der Waals surface area contributed by atoms with Crippen molar-refractivity contribution in [1.29, 1.82) is 0 Å². The standard InChI is InChI=1S/C15H23FN2O/c1-12(11-19)9-17-10-13-14(16)5-4-6-15(13)18-7-2-3-8-18/h4-6,12,17,19H,2-3,7-11H2,1H3. The Kier molecular flexibility index (Phi) is 5.16. The Morgan fingerprint density at radius 1 is 1.37 bits per heavy atom. The van der Waals surface area contributed by atoms with E-state index < -0.39 is 0 Å². The lowest BCUT2D eigenvalue weighted by molar-refractivity contribution is 0.233. The van der Waals surface area contributed by atoms with Crippen molar-refractivity contribution in [2.45, 2.75) is 26.3 Å². The first-order valence-corrected chi connectivity index (χ1v) is 7.06. The second kappa shape index (κ2) is 6.87. The molecule has 1 unspecified atom stereocenters. The van der Waals surface area contributed by atoms with Crippen LogP contribution in [0, 0.1) is 11.7 Å². The average Bonchev–Trinajstić information content (AvgIpc) is 2.94. The highest BCUT2D eigenvalue weighted by Gasteiger charge is 2.17. The Balaban J connectivity index is 2.05. The van der Waals surface area contributed by atoms with Crippen molar-refractivity contribution in [1.82, 2.24) is 5.32 Å². The van der Waals surface area contributed by atoms with Crippen LogP contribution in [0.1, 0.15) is 25.3 Å². The van der Waals surface area contributed by atoms with E-state index in [4.69, 9.17) is 5.11 Å². The van der Waals surface area contributed by atoms with E-state index in [-0.39, 0.29) is 18.3 Å². The molecule has 0 aromatic heterocycles. The van der Waals surface area contributed by atoms with Crippen LogP contribution < -0.4 is 10.2 Å². The maximum Gasteiger partial charge on any atom is 0.129 e. The highest BCUT2D eigenvalue weighted by molar-refractivity contribution is 5.54. The van der Waals surface area contributed by atoms with Gasteiger partial charge < -0.3 is 15.3 Å². The van der Waals surface area contributed by atoms with Crippen molar-refractivity contribution >= 4 is 5.69 Å². The minimum atomic E-state index is -0.145. The van der Waals surface area contributed by atoms with Gasteiger partial charge in [0.05, 0.1) is 0 Å². The predicted octanol–water partition coefficient (Wildman–Crippen LogP) is 2.14. The van der Waals surface area contributed by atoms with Crippen LogP contribution in [0.2, 0.25) is 0 Å². The van der Waals surface area contributed by atoms with Crippen LogP contribution in [0.15, 0.2) is 18.2 Å². The predicted molar refractivity (Wildman–Crippen MR) is 75.8 cm³/mol. The van der Waals surface area contributed by atoms with Gasteiger partial charge in [0.15, 0.2) is 0 Å². The molecule has 3 nitrogen and oxygen atoms in total. The Morgan fingerprint density at radius 3 is 2.79 bits per heavy atom. The molecule has 0 amide bonds. The molecule has 0 saturated carbocycles. The quantitative estimate of drug-likeness (QED) is 0.828. The van der Waals surface area contributed by atoms with Crippen LogP contribution in [0.4, 0.5) is 10.1 Å². The molecule has 1 aromatic carbocycles. The summed E-state index contributed by atoms with van der Waals surface area (Å²) in [5.41, 5.74) is 1.76. The van der Waals surface area contributed by atoms with Gasteiger partial charge in [-0.25, -0.2) is 4.39 Å². The molecule has 1 atom stereocenters. The fourth-order valence-electron chi connectivity index (χ4n) is 2.48. The smallest absolute Gasteiger partial charge is 0.129 e. The highest BCUT2D eigenvalue weighted by atomic mass is 19.1. The molecular weight excluding hydrogens is 243 g/mol. The van der Waals surface area contributed by atoms with Crippen molar-refractivity contribution in [3.63, 3.8) is 0 Å². The summed E-state index contributed by atoms with van der Waals surface area (Å²) in [6, 6.07) is 5.30. The molecule has 106 valence electrons. The molecule has 1 saturated heterocycles. The van der Waals surface area contributed by atoms with Crippen molar-refractivity contribution in [3.8, 4) is 0 Å². The van der Waals surface area contributed by atoms with Crippen LogP contribution in [0.3, 0.4) is 0 Å². The number of benzene rings is 1. The summed E-state index contributed by atoms with van der Waals surface area (Å²) in [7, 11) is 0. The Hall–Kier alpha value is -1.13. The van der Waals surface area contributed by atoms with Crippen LogP contribution in [0.5, 0.6) is 0 Å². The topological polar surface area (TPSA) is 35.5 Å². The summed E-state index contributed by atoms with van der Waals surface area (Å²) >= 11 is 0. The summed E-state index contributed by atoms with van der Waals surface area (Å²) in [6.07, 6.45) is 2.37. The molecule has 19 heavy (non-hydrogen) atoms. The second-order valence-corrected chi connectivity index (χ2v) is 5.35.